The van der Waals surface area contributed by atoms with E-state index in [4.69, 9.17) is 21.9 Å². The predicted molar refractivity (Wildman–Crippen MR) is 85.0 cm³/mol. The van der Waals surface area contributed by atoms with Gasteiger partial charge in [0.25, 0.3) is 0 Å². The number of hydrogen-bond donors (Lipinski definition) is 3. The number of carbonyl (C=O) groups excluding carboxylic acids is 2. The lowest BCUT2D eigenvalue weighted by molar-refractivity contribution is -0.119. The van der Waals surface area contributed by atoms with Crippen molar-refractivity contribution >= 4 is 11.8 Å². The van der Waals surface area contributed by atoms with Crippen LogP contribution < -0.4 is 21.9 Å². The Labute approximate surface area is 135 Å². The highest BCUT2D eigenvalue weighted by Crippen LogP contribution is 2.22. The zero-order chi connectivity index (χ0) is 17.2. The van der Waals surface area contributed by atoms with Crippen LogP contribution in [-0.4, -0.2) is 24.5 Å². The molecule has 6 N–H and O–H groups in total. The number of unbranched alkanes of at least 4 members (excludes halogenated alkanes) is 1. The van der Waals surface area contributed by atoms with Gasteiger partial charge >= 0.3 is 0 Å². The van der Waals surface area contributed by atoms with Crippen LogP contribution in [0.15, 0.2) is 18.2 Å². The van der Waals surface area contributed by atoms with E-state index in [1.54, 1.807) is 12.1 Å². The van der Waals surface area contributed by atoms with E-state index in [1.165, 1.54) is 6.07 Å². The molecule has 0 unspecified atom stereocenters. The Balaban J connectivity index is 2.48. The molecular weight excluding hydrogens is 301 g/mol. The molecule has 0 spiro atoms. The largest absolute Gasteiger partial charge is 0.489 e. The number of amides is 2. The average Bonchev–Trinajstić information content (AvgIpc) is 2.49. The van der Waals surface area contributed by atoms with Crippen molar-refractivity contribution in [3.05, 3.63) is 29.6 Å². The van der Waals surface area contributed by atoms with Gasteiger partial charge in [0.2, 0.25) is 11.8 Å². The van der Waals surface area contributed by atoms with Gasteiger partial charge in [0.05, 0.1) is 0 Å². The molecule has 0 saturated heterocycles. The van der Waals surface area contributed by atoms with Crippen molar-refractivity contribution in [3.8, 4) is 5.75 Å². The first-order valence-corrected chi connectivity index (χ1v) is 7.62. The predicted octanol–water partition coefficient (Wildman–Crippen LogP) is 0.995. The summed E-state index contributed by atoms with van der Waals surface area (Å²) in [5.41, 5.74) is 16.4. The molecule has 0 aliphatic heterocycles. The lowest BCUT2D eigenvalue weighted by Crippen LogP contribution is -2.29. The smallest absolute Gasteiger partial charge is 0.217 e. The van der Waals surface area contributed by atoms with Crippen molar-refractivity contribution in [3.63, 3.8) is 0 Å². The van der Waals surface area contributed by atoms with Crippen LogP contribution in [0.3, 0.4) is 0 Å². The summed E-state index contributed by atoms with van der Waals surface area (Å²) in [7, 11) is 0. The highest BCUT2D eigenvalue weighted by Gasteiger charge is 2.11. The minimum Gasteiger partial charge on any atom is -0.489 e. The Kier molecular flexibility index (Phi) is 8.04. The molecule has 0 heterocycles. The molecule has 7 heteroatoms. The van der Waals surface area contributed by atoms with Crippen molar-refractivity contribution in [1.29, 1.82) is 0 Å². The topological polar surface area (TPSA) is 121 Å². The first-order chi connectivity index (χ1) is 10.9. The van der Waals surface area contributed by atoms with Gasteiger partial charge in [-0.15, -0.1) is 0 Å². The lowest BCUT2D eigenvalue weighted by atomic mass is 10.1. The van der Waals surface area contributed by atoms with Crippen LogP contribution in [0, 0.1) is 5.82 Å². The summed E-state index contributed by atoms with van der Waals surface area (Å²) in [5, 5.41) is 0. The summed E-state index contributed by atoms with van der Waals surface area (Å²) >= 11 is 0. The minimum absolute atomic E-state index is 0.106. The van der Waals surface area contributed by atoms with E-state index in [9.17, 15) is 14.0 Å². The monoisotopic (exact) mass is 325 g/mol. The quantitative estimate of drug-likeness (QED) is 0.525. The molecule has 0 saturated carbocycles. The SMILES string of the molecule is NC(=O)CCCCc1cccc(OC[C@@H](N)CCC(N)=O)c1F. The van der Waals surface area contributed by atoms with E-state index in [2.05, 4.69) is 0 Å². The molecule has 128 valence electrons. The van der Waals surface area contributed by atoms with Crippen LogP contribution in [0.2, 0.25) is 0 Å². The Bertz CT molecular complexity index is 537. The van der Waals surface area contributed by atoms with Gasteiger partial charge in [-0.2, -0.15) is 0 Å². The first kappa shape index (κ1) is 18.9. The number of rotatable bonds is 11. The minimum atomic E-state index is -0.426. The average molecular weight is 325 g/mol. The fraction of sp³-hybridized carbons (Fsp3) is 0.500. The van der Waals surface area contributed by atoms with Crippen molar-refractivity contribution in [2.75, 3.05) is 6.61 Å². The number of hydrogen-bond acceptors (Lipinski definition) is 4. The number of primary amides is 2. The van der Waals surface area contributed by atoms with Gasteiger partial charge < -0.3 is 21.9 Å². The number of halogens is 1. The van der Waals surface area contributed by atoms with Gasteiger partial charge in [-0.25, -0.2) is 4.39 Å². The van der Waals surface area contributed by atoms with Gasteiger partial charge in [-0.05, 0) is 37.3 Å². The van der Waals surface area contributed by atoms with Crippen molar-refractivity contribution in [2.24, 2.45) is 17.2 Å². The number of aryl methyl sites for hydroxylation is 1. The van der Waals surface area contributed by atoms with Gasteiger partial charge in [0.15, 0.2) is 11.6 Å². The van der Waals surface area contributed by atoms with Crippen LogP contribution in [0.1, 0.15) is 37.7 Å². The Hall–Kier alpha value is -2.15. The van der Waals surface area contributed by atoms with Crippen LogP contribution in [-0.2, 0) is 16.0 Å². The molecule has 0 aliphatic carbocycles. The summed E-state index contributed by atoms with van der Waals surface area (Å²) in [4.78, 5) is 21.3. The van der Waals surface area contributed by atoms with Crippen LogP contribution in [0.25, 0.3) is 0 Å². The van der Waals surface area contributed by atoms with Gasteiger partial charge in [-0.1, -0.05) is 12.1 Å². The highest BCUT2D eigenvalue weighted by molar-refractivity contribution is 5.73. The standard InChI is InChI=1S/C16H24FN3O3/c17-16-11(4-1-2-7-14(19)21)5-3-6-13(16)23-10-12(18)8-9-15(20)22/h3,5-6,12H,1-2,4,7-10,18H2,(H2,19,21)(H2,20,22)/t12-/m0/s1. The fourth-order valence-electron chi connectivity index (χ4n) is 2.08. The zero-order valence-corrected chi connectivity index (χ0v) is 13.1. The molecule has 1 atom stereocenters. The third-order valence-corrected chi connectivity index (χ3v) is 3.38. The number of ether oxygens (including phenoxy) is 1. The molecule has 1 rings (SSSR count). The number of carbonyl (C=O) groups is 2. The van der Waals surface area contributed by atoms with Crippen molar-refractivity contribution in [1.82, 2.24) is 0 Å². The lowest BCUT2D eigenvalue weighted by Gasteiger charge is -2.14. The Morgan fingerprint density at radius 2 is 1.83 bits per heavy atom. The van der Waals surface area contributed by atoms with Gasteiger partial charge in [0.1, 0.15) is 6.61 Å². The molecule has 0 radical (unpaired) electrons. The normalized spacial score (nSPS) is 11.9. The molecule has 2 amide bonds. The molecule has 1 aromatic carbocycles. The maximum atomic E-state index is 14.3. The number of benzene rings is 1. The first-order valence-electron chi connectivity index (χ1n) is 7.62. The summed E-state index contributed by atoms with van der Waals surface area (Å²) in [5.74, 6) is -1.07. The van der Waals surface area contributed by atoms with E-state index in [-0.39, 0.29) is 30.7 Å². The van der Waals surface area contributed by atoms with Crippen molar-refractivity contribution < 1.29 is 18.7 Å². The fourth-order valence-corrected chi connectivity index (χ4v) is 2.08. The summed E-state index contributed by atoms with van der Waals surface area (Å²) in [6.07, 6.45) is 2.66. The van der Waals surface area contributed by atoms with Crippen LogP contribution in [0.4, 0.5) is 4.39 Å². The third kappa shape index (κ3) is 7.60. The second-order valence-corrected chi connectivity index (χ2v) is 5.48. The summed E-state index contributed by atoms with van der Waals surface area (Å²) in [6.45, 7) is 0.106. The molecular formula is C16H24FN3O3. The third-order valence-electron chi connectivity index (χ3n) is 3.38. The number of nitrogens with two attached hydrogens (primary N) is 3. The molecule has 23 heavy (non-hydrogen) atoms. The molecule has 0 bridgehead atoms. The highest BCUT2D eigenvalue weighted by atomic mass is 19.1. The molecule has 6 nitrogen and oxygen atoms in total. The van der Waals surface area contributed by atoms with Crippen LogP contribution >= 0.6 is 0 Å². The molecule has 0 fully saturated rings. The maximum Gasteiger partial charge on any atom is 0.217 e. The van der Waals surface area contributed by atoms with E-state index in [0.29, 0.717) is 37.7 Å². The Morgan fingerprint density at radius 3 is 2.48 bits per heavy atom. The zero-order valence-electron chi connectivity index (χ0n) is 13.1. The molecule has 1 aromatic rings. The summed E-state index contributed by atoms with van der Waals surface area (Å²) < 4.78 is 19.7. The van der Waals surface area contributed by atoms with E-state index < -0.39 is 11.7 Å². The second-order valence-electron chi connectivity index (χ2n) is 5.48. The maximum absolute atomic E-state index is 14.3. The van der Waals surface area contributed by atoms with E-state index in [0.717, 1.165) is 0 Å². The van der Waals surface area contributed by atoms with Gasteiger partial charge in [0, 0.05) is 18.9 Å². The second kappa shape index (κ2) is 9.78. The summed E-state index contributed by atoms with van der Waals surface area (Å²) in [6, 6.07) is 4.53. The van der Waals surface area contributed by atoms with E-state index in [1.807, 2.05) is 0 Å². The molecule has 0 aromatic heterocycles. The Morgan fingerprint density at radius 1 is 1.13 bits per heavy atom. The van der Waals surface area contributed by atoms with Gasteiger partial charge in [-0.3, -0.25) is 9.59 Å². The molecule has 0 aliphatic rings. The van der Waals surface area contributed by atoms with Crippen molar-refractivity contribution in [2.45, 2.75) is 44.6 Å². The van der Waals surface area contributed by atoms with Crippen LogP contribution in [0.5, 0.6) is 5.75 Å². The van der Waals surface area contributed by atoms with E-state index >= 15 is 0 Å².